The second-order valence-electron chi connectivity index (χ2n) is 4.77. The Hall–Kier alpha value is -1.03. The van der Waals surface area contributed by atoms with Crippen LogP contribution in [0, 0.1) is 6.92 Å². The molecule has 0 fully saturated rings. The van der Waals surface area contributed by atoms with Crippen molar-refractivity contribution in [2.45, 2.75) is 33.4 Å². The molecule has 1 aromatic carbocycles. The lowest BCUT2D eigenvalue weighted by Gasteiger charge is -2.07. The Morgan fingerprint density at radius 2 is 2.00 bits per heavy atom. The van der Waals surface area contributed by atoms with Crippen LogP contribution in [-0.2, 0) is 13.2 Å². The number of nitrogens with one attached hydrogen (secondary N) is 1. The van der Waals surface area contributed by atoms with E-state index in [0.29, 0.717) is 11.6 Å². The van der Waals surface area contributed by atoms with Gasteiger partial charge in [0.25, 0.3) is 0 Å². The molecule has 2 rings (SSSR count). The van der Waals surface area contributed by atoms with Gasteiger partial charge in [-0.25, -0.2) is 0 Å². The van der Waals surface area contributed by atoms with Gasteiger partial charge in [0.05, 0.1) is 5.02 Å². The summed E-state index contributed by atoms with van der Waals surface area (Å²) in [5.74, 6) is 0.747. The van der Waals surface area contributed by atoms with E-state index in [-0.39, 0.29) is 0 Å². The van der Waals surface area contributed by atoms with Gasteiger partial charge in [0.15, 0.2) is 0 Å². The smallest absolute Gasteiger partial charge is 0.138 e. The van der Waals surface area contributed by atoms with Crippen molar-refractivity contribution in [3.05, 3.63) is 50.7 Å². The number of benzene rings is 1. The highest BCUT2D eigenvalue weighted by Crippen LogP contribution is 2.27. The van der Waals surface area contributed by atoms with Crippen LogP contribution < -0.4 is 10.1 Å². The molecule has 0 unspecified atom stereocenters. The highest BCUT2D eigenvalue weighted by molar-refractivity contribution is 7.11. The first kappa shape index (κ1) is 15.4. The van der Waals surface area contributed by atoms with Crippen LogP contribution >= 0.6 is 22.9 Å². The summed E-state index contributed by atoms with van der Waals surface area (Å²) in [6.07, 6.45) is 1.16. The van der Waals surface area contributed by atoms with Crippen LogP contribution in [0.5, 0.6) is 5.75 Å². The van der Waals surface area contributed by atoms with Crippen molar-refractivity contribution in [2.24, 2.45) is 0 Å². The van der Waals surface area contributed by atoms with Crippen LogP contribution in [0.4, 0.5) is 0 Å². The minimum Gasteiger partial charge on any atom is -0.487 e. The van der Waals surface area contributed by atoms with Crippen molar-refractivity contribution in [1.29, 1.82) is 0 Å². The van der Waals surface area contributed by atoms with Crippen molar-refractivity contribution in [1.82, 2.24) is 5.32 Å². The Kier molecular flexibility index (Phi) is 5.89. The first-order valence-electron chi connectivity index (χ1n) is 6.86. The Morgan fingerprint density at radius 3 is 2.75 bits per heavy atom. The molecule has 0 bridgehead atoms. The molecular formula is C16H20ClNOS. The van der Waals surface area contributed by atoms with Gasteiger partial charge in [0.2, 0.25) is 0 Å². The van der Waals surface area contributed by atoms with Gasteiger partial charge in [-0.15, -0.1) is 11.3 Å². The normalized spacial score (nSPS) is 10.8. The van der Waals surface area contributed by atoms with Crippen LogP contribution in [0.25, 0.3) is 0 Å². The average molecular weight is 310 g/mol. The van der Waals surface area contributed by atoms with Crippen molar-refractivity contribution in [3.8, 4) is 5.75 Å². The summed E-state index contributed by atoms with van der Waals surface area (Å²) >= 11 is 7.93. The topological polar surface area (TPSA) is 21.3 Å². The van der Waals surface area contributed by atoms with Crippen LogP contribution in [0.15, 0.2) is 30.3 Å². The van der Waals surface area contributed by atoms with Gasteiger partial charge >= 0.3 is 0 Å². The summed E-state index contributed by atoms with van der Waals surface area (Å²) in [6, 6.07) is 10.1. The van der Waals surface area contributed by atoms with Gasteiger partial charge in [-0.2, -0.15) is 0 Å². The fourth-order valence-electron chi connectivity index (χ4n) is 1.86. The quantitative estimate of drug-likeness (QED) is 0.743. The minimum atomic E-state index is 0.571. The van der Waals surface area contributed by atoms with E-state index in [1.54, 1.807) is 11.3 Å². The zero-order valence-electron chi connectivity index (χ0n) is 11.9. The second-order valence-corrected chi connectivity index (χ2v) is 6.43. The lowest BCUT2D eigenvalue weighted by atomic mass is 10.2. The van der Waals surface area contributed by atoms with Gasteiger partial charge in [-0.3, -0.25) is 0 Å². The first-order chi connectivity index (χ1) is 9.69. The van der Waals surface area contributed by atoms with Crippen LogP contribution in [0.1, 0.15) is 28.7 Å². The molecule has 0 spiro atoms. The number of aryl methyl sites for hydroxylation is 1. The third kappa shape index (κ3) is 4.51. The van der Waals surface area contributed by atoms with E-state index in [9.17, 15) is 0 Å². The van der Waals surface area contributed by atoms with Crippen LogP contribution in [-0.4, -0.2) is 6.54 Å². The van der Waals surface area contributed by atoms with E-state index in [4.69, 9.17) is 16.3 Å². The van der Waals surface area contributed by atoms with Crippen molar-refractivity contribution >= 4 is 22.9 Å². The molecule has 0 amide bonds. The molecule has 1 heterocycles. The summed E-state index contributed by atoms with van der Waals surface area (Å²) in [6.45, 7) is 6.75. The predicted molar refractivity (Wildman–Crippen MR) is 86.8 cm³/mol. The largest absolute Gasteiger partial charge is 0.487 e. The summed E-state index contributed by atoms with van der Waals surface area (Å²) in [5.41, 5.74) is 1.14. The molecule has 0 saturated carbocycles. The van der Waals surface area contributed by atoms with E-state index in [0.717, 1.165) is 30.8 Å². The van der Waals surface area contributed by atoms with E-state index >= 15 is 0 Å². The van der Waals surface area contributed by atoms with Crippen LogP contribution in [0.2, 0.25) is 5.02 Å². The van der Waals surface area contributed by atoms with E-state index in [1.165, 1.54) is 9.75 Å². The standard InChI is InChI=1S/C16H20ClNOS/c1-3-8-18-10-13-5-6-14(20-13)11-19-16-7-4-12(2)9-15(16)17/h4-7,9,18H,3,8,10-11H2,1-2H3. The van der Waals surface area contributed by atoms with Crippen molar-refractivity contribution in [2.75, 3.05) is 6.54 Å². The minimum absolute atomic E-state index is 0.571. The molecule has 1 aromatic heterocycles. The number of thiophene rings is 1. The molecule has 0 aliphatic rings. The number of hydrogen-bond donors (Lipinski definition) is 1. The van der Waals surface area contributed by atoms with Gasteiger partial charge in [-0.1, -0.05) is 24.6 Å². The average Bonchev–Trinajstić information content (AvgIpc) is 2.86. The van der Waals surface area contributed by atoms with Crippen LogP contribution in [0.3, 0.4) is 0 Å². The van der Waals surface area contributed by atoms with Gasteiger partial charge in [-0.05, 0) is 49.7 Å². The number of hydrogen-bond acceptors (Lipinski definition) is 3. The lowest BCUT2D eigenvalue weighted by molar-refractivity contribution is 0.310. The van der Waals surface area contributed by atoms with Gasteiger partial charge in [0.1, 0.15) is 12.4 Å². The second kappa shape index (κ2) is 7.67. The van der Waals surface area contributed by atoms with Crippen molar-refractivity contribution in [3.63, 3.8) is 0 Å². The third-order valence-corrected chi connectivity index (χ3v) is 4.25. The molecule has 1 N–H and O–H groups in total. The SMILES string of the molecule is CCCNCc1ccc(COc2ccc(C)cc2Cl)s1. The van der Waals surface area contributed by atoms with E-state index in [2.05, 4.69) is 24.4 Å². The lowest BCUT2D eigenvalue weighted by Crippen LogP contribution is -2.12. The van der Waals surface area contributed by atoms with E-state index in [1.807, 2.05) is 25.1 Å². The maximum Gasteiger partial charge on any atom is 0.138 e. The maximum absolute atomic E-state index is 6.15. The zero-order valence-corrected chi connectivity index (χ0v) is 13.5. The maximum atomic E-state index is 6.15. The summed E-state index contributed by atoms with van der Waals surface area (Å²) < 4.78 is 5.77. The Labute approximate surface area is 129 Å². The highest BCUT2D eigenvalue weighted by atomic mass is 35.5. The van der Waals surface area contributed by atoms with E-state index < -0.39 is 0 Å². The molecule has 108 valence electrons. The van der Waals surface area contributed by atoms with Gasteiger partial charge in [0, 0.05) is 16.3 Å². The molecule has 0 radical (unpaired) electrons. The Bertz CT molecular complexity index is 553. The fourth-order valence-corrected chi connectivity index (χ4v) is 3.05. The Morgan fingerprint density at radius 1 is 1.20 bits per heavy atom. The molecule has 0 aliphatic heterocycles. The number of halogens is 1. The zero-order chi connectivity index (χ0) is 14.4. The molecule has 0 atom stereocenters. The summed E-state index contributed by atoms with van der Waals surface area (Å²) in [4.78, 5) is 2.56. The monoisotopic (exact) mass is 309 g/mol. The first-order valence-corrected chi connectivity index (χ1v) is 8.05. The summed E-state index contributed by atoms with van der Waals surface area (Å²) in [7, 11) is 0. The predicted octanol–water partition coefficient (Wildman–Crippen LogP) is 4.79. The highest BCUT2D eigenvalue weighted by Gasteiger charge is 2.04. The fraction of sp³-hybridized carbons (Fsp3) is 0.375. The summed E-state index contributed by atoms with van der Waals surface area (Å²) in [5, 5.41) is 4.07. The molecule has 20 heavy (non-hydrogen) atoms. The molecule has 0 aliphatic carbocycles. The van der Waals surface area contributed by atoms with Gasteiger partial charge < -0.3 is 10.1 Å². The molecular weight excluding hydrogens is 290 g/mol. The molecule has 0 saturated heterocycles. The Balaban J connectivity index is 1.87. The third-order valence-electron chi connectivity index (χ3n) is 2.90. The van der Waals surface area contributed by atoms with Crippen molar-refractivity contribution < 1.29 is 4.74 Å². The molecule has 2 aromatic rings. The number of rotatable bonds is 7. The number of ether oxygens (including phenoxy) is 1. The molecule has 4 heteroatoms. The molecule has 2 nitrogen and oxygen atoms in total.